The van der Waals surface area contributed by atoms with Crippen molar-refractivity contribution in [2.24, 2.45) is 10.7 Å². The summed E-state index contributed by atoms with van der Waals surface area (Å²) < 4.78 is 13.5. The van der Waals surface area contributed by atoms with Crippen molar-refractivity contribution in [3.8, 4) is 0 Å². The van der Waals surface area contributed by atoms with Gasteiger partial charge in [-0.3, -0.25) is 15.1 Å². The lowest BCUT2D eigenvalue weighted by molar-refractivity contribution is 0.0970. The zero-order valence-corrected chi connectivity index (χ0v) is 13.2. The summed E-state index contributed by atoms with van der Waals surface area (Å²) in [6, 6.07) is 6.24. The van der Waals surface area contributed by atoms with Crippen LogP contribution in [0.25, 0.3) is 0 Å². The average Bonchev–Trinajstić information content (AvgIpc) is 2.50. The maximum Gasteiger partial charge on any atom is 0.278 e. The van der Waals surface area contributed by atoms with Crippen molar-refractivity contribution >= 4 is 11.9 Å². The molecule has 6 nitrogen and oxygen atoms in total. The van der Waals surface area contributed by atoms with Crippen LogP contribution in [0.3, 0.4) is 0 Å². The number of hydrogen-bond acceptors (Lipinski definition) is 4. The zero-order chi connectivity index (χ0) is 17.0. The van der Waals surface area contributed by atoms with E-state index in [1.807, 2.05) is 6.92 Å². The smallest absolute Gasteiger partial charge is 0.278 e. The van der Waals surface area contributed by atoms with E-state index in [0.29, 0.717) is 17.0 Å². The Hall–Kier alpha value is -2.83. The van der Waals surface area contributed by atoms with E-state index in [9.17, 15) is 9.18 Å². The van der Waals surface area contributed by atoms with Gasteiger partial charge in [-0.1, -0.05) is 18.2 Å². The number of hydrogen-bond donors (Lipinski definition) is 2. The van der Waals surface area contributed by atoms with Crippen molar-refractivity contribution in [3.05, 3.63) is 58.4 Å². The topological polar surface area (TPSA) is 93.3 Å². The van der Waals surface area contributed by atoms with Crippen molar-refractivity contribution in [2.45, 2.75) is 27.3 Å². The lowest BCUT2D eigenvalue weighted by atomic mass is 10.2. The molecular weight excluding hydrogens is 297 g/mol. The van der Waals surface area contributed by atoms with E-state index < -0.39 is 5.91 Å². The number of aromatic nitrogens is 2. The van der Waals surface area contributed by atoms with Gasteiger partial charge in [-0.05, 0) is 26.8 Å². The molecule has 1 heterocycles. The minimum Gasteiger partial charge on any atom is -0.370 e. The zero-order valence-electron chi connectivity index (χ0n) is 13.2. The fraction of sp³-hybridized carbons (Fsp3) is 0.250. The predicted molar refractivity (Wildman–Crippen MR) is 85.4 cm³/mol. The number of guanidine groups is 1. The van der Waals surface area contributed by atoms with Crippen LogP contribution in [0.4, 0.5) is 4.39 Å². The van der Waals surface area contributed by atoms with Gasteiger partial charge in [-0.15, -0.1) is 0 Å². The van der Waals surface area contributed by atoms with E-state index >= 15 is 0 Å². The second-order valence-electron chi connectivity index (χ2n) is 5.08. The van der Waals surface area contributed by atoms with Gasteiger partial charge in [-0.2, -0.15) is 0 Å². The molecule has 7 heteroatoms. The van der Waals surface area contributed by atoms with Crippen LogP contribution in [-0.2, 0) is 6.54 Å². The van der Waals surface area contributed by atoms with E-state index in [4.69, 9.17) is 5.73 Å². The number of rotatable bonds is 3. The molecule has 0 aliphatic carbocycles. The molecule has 0 radical (unpaired) electrons. The minimum atomic E-state index is -0.493. The van der Waals surface area contributed by atoms with Crippen LogP contribution in [0.15, 0.2) is 29.3 Å². The van der Waals surface area contributed by atoms with E-state index in [0.717, 1.165) is 5.69 Å². The first-order valence-corrected chi connectivity index (χ1v) is 7.05. The molecule has 1 aromatic heterocycles. The van der Waals surface area contributed by atoms with Gasteiger partial charge in [0.1, 0.15) is 11.5 Å². The largest absolute Gasteiger partial charge is 0.370 e. The highest BCUT2D eigenvalue weighted by Crippen LogP contribution is 2.08. The Morgan fingerprint density at radius 2 is 1.83 bits per heavy atom. The number of carbonyl (C=O) groups excluding carboxylic acids is 1. The number of amides is 1. The molecule has 0 aliphatic heterocycles. The molecule has 2 aromatic rings. The third-order valence-electron chi connectivity index (χ3n) is 3.32. The summed E-state index contributed by atoms with van der Waals surface area (Å²) in [4.78, 5) is 24.6. The van der Waals surface area contributed by atoms with Gasteiger partial charge in [0.2, 0.25) is 0 Å². The molecule has 0 atom stereocenters. The quantitative estimate of drug-likeness (QED) is 0.667. The fourth-order valence-corrected chi connectivity index (χ4v) is 1.94. The number of carbonyl (C=O) groups is 1. The molecule has 3 N–H and O–H groups in total. The minimum absolute atomic E-state index is 0.0381. The Morgan fingerprint density at radius 1 is 1.17 bits per heavy atom. The summed E-state index contributed by atoms with van der Waals surface area (Å²) in [5.74, 6) is -0.961. The molecule has 0 unspecified atom stereocenters. The van der Waals surface area contributed by atoms with E-state index in [1.54, 1.807) is 32.0 Å². The lowest BCUT2D eigenvalue weighted by Gasteiger charge is -2.08. The third-order valence-corrected chi connectivity index (χ3v) is 3.32. The van der Waals surface area contributed by atoms with Gasteiger partial charge < -0.3 is 5.73 Å². The standard InChI is InChI=1S/C16H18FN5O/c1-9-10(2)21-14(11(3)20-9)15(23)22-16(18)19-8-12-6-4-5-7-13(12)17/h4-7H,8H2,1-3H3,(H3,18,19,22,23). The summed E-state index contributed by atoms with van der Waals surface area (Å²) in [6.45, 7) is 5.33. The van der Waals surface area contributed by atoms with Gasteiger partial charge in [0.15, 0.2) is 5.96 Å². The second-order valence-corrected chi connectivity index (χ2v) is 5.08. The SMILES string of the molecule is Cc1nc(C)c(C(=O)NC(N)=NCc2ccccc2F)nc1C. The Kier molecular flexibility index (Phi) is 5.00. The molecule has 0 aliphatic rings. The van der Waals surface area contributed by atoms with Gasteiger partial charge in [0.25, 0.3) is 5.91 Å². The molecule has 1 aromatic carbocycles. The number of nitrogens with zero attached hydrogens (tertiary/aromatic N) is 3. The molecule has 0 saturated carbocycles. The number of halogens is 1. The highest BCUT2D eigenvalue weighted by Gasteiger charge is 2.14. The third kappa shape index (κ3) is 4.09. The molecule has 23 heavy (non-hydrogen) atoms. The van der Waals surface area contributed by atoms with Crippen LogP contribution in [-0.4, -0.2) is 21.8 Å². The van der Waals surface area contributed by atoms with Gasteiger partial charge in [-0.25, -0.2) is 14.4 Å². The molecule has 0 bridgehead atoms. The highest BCUT2D eigenvalue weighted by molar-refractivity contribution is 6.04. The maximum absolute atomic E-state index is 13.5. The van der Waals surface area contributed by atoms with Crippen LogP contribution >= 0.6 is 0 Å². The number of aryl methyl sites for hydroxylation is 3. The van der Waals surface area contributed by atoms with Crippen LogP contribution in [0.5, 0.6) is 0 Å². The van der Waals surface area contributed by atoms with Crippen molar-refractivity contribution in [1.29, 1.82) is 0 Å². The van der Waals surface area contributed by atoms with Crippen LogP contribution < -0.4 is 11.1 Å². The predicted octanol–water partition coefficient (Wildman–Crippen LogP) is 1.79. The summed E-state index contributed by atoms with van der Waals surface area (Å²) in [5.41, 5.74) is 8.20. The first kappa shape index (κ1) is 16.5. The second kappa shape index (κ2) is 6.95. The van der Waals surface area contributed by atoms with Crippen molar-refractivity contribution in [3.63, 3.8) is 0 Å². The van der Waals surface area contributed by atoms with E-state index in [2.05, 4.69) is 20.3 Å². The molecular formula is C16H18FN5O. The first-order chi connectivity index (χ1) is 10.9. The summed E-state index contributed by atoms with van der Waals surface area (Å²) in [6.07, 6.45) is 0. The fourth-order valence-electron chi connectivity index (χ4n) is 1.94. The van der Waals surface area contributed by atoms with E-state index in [-0.39, 0.29) is 24.0 Å². The summed E-state index contributed by atoms with van der Waals surface area (Å²) in [7, 11) is 0. The van der Waals surface area contributed by atoms with Crippen LogP contribution in [0.2, 0.25) is 0 Å². The van der Waals surface area contributed by atoms with E-state index in [1.165, 1.54) is 6.07 Å². The number of nitrogens with two attached hydrogens (primary N) is 1. The molecule has 120 valence electrons. The maximum atomic E-state index is 13.5. The highest BCUT2D eigenvalue weighted by atomic mass is 19.1. The van der Waals surface area contributed by atoms with Gasteiger partial charge >= 0.3 is 0 Å². The van der Waals surface area contributed by atoms with Gasteiger partial charge in [0, 0.05) is 5.56 Å². The molecule has 1 amide bonds. The van der Waals surface area contributed by atoms with Crippen molar-refractivity contribution in [1.82, 2.24) is 15.3 Å². The number of aliphatic imine (C=N–C) groups is 1. The average molecular weight is 315 g/mol. The summed E-state index contributed by atoms with van der Waals surface area (Å²) in [5, 5.41) is 2.44. The van der Waals surface area contributed by atoms with Crippen molar-refractivity contribution < 1.29 is 9.18 Å². The molecule has 0 fully saturated rings. The normalized spacial score (nSPS) is 11.4. The molecule has 2 rings (SSSR count). The van der Waals surface area contributed by atoms with Crippen LogP contribution in [0, 0.1) is 26.6 Å². The Balaban J connectivity index is 2.09. The summed E-state index contributed by atoms with van der Waals surface area (Å²) >= 11 is 0. The number of benzene rings is 1. The number of nitrogens with one attached hydrogen (secondary N) is 1. The Bertz CT molecular complexity index is 773. The van der Waals surface area contributed by atoms with Gasteiger partial charge in [0.05, 0.1) is 23.6 Å². The molecule has 0 saturated heterocycles. The first-order valence-electron chi connectivity index (χ1n) is 7.05. The van der Waals surface area contributed by atoms with Crippen molar-refractivity contribution in [2.75, 3.05) is 0 Å². The Morgan fingerprint density at radius 3 is 2.52 bits per heavy atom. The van der Waals surface area contributed by atoms with Crippen LogP contribution in [0.1, 0.15) is 33.1 Å². The lowest BCUT2D eigenvalue weighted by Crippen LogP contribution is -2.38. The monoisotopic (exact) mass is 315 g/mol. The molecule has 0 spiro atoms. The Labute approximate surface area is 133 Å².